The number of hydrogen-bond donors (Lipinski definition) is 2. The van der Waals surface area contributed by atoms with E-state index in [1.54, 1.807) is 51.1 Å². The lowest BCUT2D eigenvalue weighted by atomic mass is 10.1. The van der Waals surface area contributed by atoms with Crippen LogP contribution in [0.15, 0.2) is 82.1 Å². The number of aliphatic carboxylic acids is 1. The molecule has 0 aliphatic rings. The van der Waals surface area contributed by atoms with Crippen LogP contribution in [0.3, 0.4) is 0 Å². The predicted molar refractivity (Wildman–Crippen MR) is 134 cm³/mol. The minimum atomic E-state index is -0.981. The van der Waals surface area contributed by atoms with Crippen molar-refractivity contribution in [2.45, 2.75) is 30.4 Å². The van der Waals surface area contributed by atoms with E-state index in [4.69, 9.17) is 4.42 Å². The number of carboxylic acid groups (broad SMARTS) is 1. The molecule has 0 aliphatic carbocycles. The Hall–Kier alpha value is -3.91. The van der Waals surface area contributed by atoms with E-state index in [0.717, 1.165) is 4.90 Å². The first-order valence-electron chi connectivity index (χ1n) is 10.8. The van der Waals surface area contributed by atoms with Crippen molar-refractivity contribution in [3.05, 3.63) is 89.9 Å². The summed E-state index contributed by atoms with van der Waals surface area (Å²) in [4.78, 5) is 29.8. The van der Waals surface area contributed by atoms with Gasteiger partial charge < -0.3 is 14.8 Å². The fraction of sp³-hybridized carbons (Fsp3) is 0.148. The Labute approximate surface area is 206 Å². The smallest absolute Gasteiger partial charge is 0.319 e. The third-order valence-electron chi connectivity index (χ3n) is 5.32. The number of amides is 1. The Bertz CT molecular complexity index is 1380. The lowest BCUT2D eigenvalue weighted by Gasteiger charge is -2.18. The van der Waals surface area contributed by atoms with Gasteiger partial charge in [0.1, 0.15) is 10.6 Å². The molecule has 1 amide bonds. The Kier molecular flexibility index (Phi) is 6.75. The molecular weight excluding hydrogens is 467 g/mol. The maximum Gasteiger partial charge on any atom is 0.319 e. The van der Waals surface area contributed by atoms with Crippen molar-refractivity contribution in [3.8, 4) is 22.8 Å². The molecule has 3 aromatic carbocycles. The van der Waals surface area contributed by atoms with E-state index >= 15 is 0 Å². The number of aromatic nitrogens is 1. The minimum Gasteiger partial charge on any atom is -0.480 e. The number of nitrogens with one attached hydrogen (secondary N) is 1. The van der Waals surface area contributed by atoms with Gasteiger partial charge in [0.25, 0.3) is 5.91 Å². The quantitative estimate of drug-likeness (QED) is 0.281. The largest absolute Gasteiger partial charge is 0.480 e. The number of carboxylic acids is 1. The summed E-state index contributed by atoms with van der Waals surface area (Å²) in [5.74, 6) is -1.37. The molecule has 0 atom stereocenters. The van der Waals surface area contributed by atoms with Crippen LogP contribution in [0.4, 0.5) is 10.1 Å². The monoisotopic (exact) mass is 490 g/mol. The molecule has 0 unspecified atom stereocenters. The molecule has 4 rings (SSSR count). The van der Waals surface area contributed by atoms with E-state index in [-0.39, 0.29) is 17.3 Å². The summed E-state index contributed by atoms with van der Waals surface area (Å²) in [6.07, 6.45) is 0. The second-order valence-electron chi connectivity index (χ2n) is 8.42. The van der Waals surface area contributed by atoms with E-state index < -0.39 is 22.4 Å². The summed E-state index contributed by atoms with van der Waals surface area (Å²) in [5.41, 5.74) is 2.42. The summed E-state index contributed by atoms with van der Waals surface area (Å²) in [7, 11) is 0. The van der Waals surface area contributed by atoms with Gasteiger partial charge in [-0.1, -0.05) is 36.4 Å². The van der Waals surface area contributed by atoms with Gasteiger partial charge in [0.2, 0.25) is 5.89 Å². The number of halogens is 1. The number of rotatable bonds is 7. The highest BCUT2D eigenvalue weighted by Crippen LogP contribution is 2.35. The molecule has 0 fully saturated rings. The summed E-state index contributed by atoms with van der Waals surface area (Å²) < 4.78 is 18.8. The highest BCUT2D eigenvalue weighted by Gasteiger charge is 2.28. The molecular formula is C27H23FN2O4S. The van der Waals surface area contributed by atoms with Crippen LogP contribution in [0.1, 0.15) is 29.9 Å². The summed E-state index contributed by atoms with van der Waals surface area (Å²) in [6.45, 7) is 5.05. The molecule has 4 aromatic rings. The van der Waals surface area contributed by atoms with Crippen molar-refractivity contribution in [2.24, 2.45) is 0 Å². The number of anilines is 1. The van der Waals surface area contributed by atoms with Crippen LogP contribution < -0.4 is 5.32 Å². The second kappa shape index (κ2) is 9.76. The molecule has 1 heterocycles. The SMILES string of the molecule is Cc1ccc(F)cc1NC(=O)c1nc(-c2ccc(SC(C)(C)C(=O)O)cc2)oc1-c1ccccc1. The highest BCUT2D eigenvalue weighted by molar-refractivity contribution is 8.01. The number of hydrogen-bond acceptors (Lipinski definition) is 5. The van der Waals surface area contributed by atoms with Crippen molar-refractivity contribution in [1.82, 2.24) is 4.98 Å². The van der Waals surface area contributed by atoms with Crippen molar-refractivity contribution < 1.29 is 23.5 Å². The molecule has 0 aliphatic heterocycles. The number of carbonyl (C=O) groups is 2. The molecule has 1 aromatic heterocycles. The molecule has 178 valence electrons. The zero-order valence-electron chi connectivity index (χ0n) is 19.3. The number of oxazole rings is 1. The summed E-state index contributed by atoms with van der Waals surface area (Å²) >= 11 is 1.23. The molecule has 0 spiro atoms. The topological polar surface area (TPSA) is 92.4 Å². The second-order valence-corrected chi connectivity index (χ2v) is 10.1. The fourth-order valence-corrected chi connectivity index (χ4v) is 4.25. The van der Waals surface area contributed by atoms with Crippen LogP contribution in [-0.4, -0.2) is 26.7 Å². The normalized spacial score (nSPS) is 11.3. The maximum absolute atomic E-state index is 13.7. The van der Waals surface area contributed by atoms with E-state index in [2.05, 4.69) is 10.3 Å². The van der Waals surface area contributed by atoms with E-state index in [0.29, 0.717) is 22.4 Å². The molecule has 8 heteroatoms. The number of benzene rings is 3. The van der Waals surface area contributed by atoms with Crippen molar-refractivity contribution >= 4 is 29.3 Å². The summed E-state index contributed by atoms with van der Waals surface area (Å²) in [6, 6.07) is 20.4. The Balaban J connectivity index is 1.69. The first kappa shape index (κ1) is 24.2. The van der Waals surface area contributed by atoms with Gasteiger partial charge >= 0.3 is 5.97 Å². The molecule has 0 bridgehead atoms. The molecule has 35 heavy (non-hydrogen) atoms. The Morgan fingerprint density at radius 1 is 1.00 bits per heavy atom. The molecule has 0 saturated heterocycles. The van der Waals surface area contributed by atoms with Crippen molar-refractivity contribution in [2.75, 3.05) is 5.32 Å². The van der Waals surface area contributed by atoms with Gasteiger partial charge in [-0.25, -0.2) is 9.37 Å². The van der Waals surface area contributed by atoms with Crippen LogP contribution in [-0.2, 0) is 4.79 Å². The molecule has 0 saturated carbocycles. The summed E-state index contributed by atoms with van der Waals surface area (Å²) in [5, 5.41) is 12.1. The lowest BCUT2D eigenvalue weighted by Crippen LogP contribution is -2.26. The van der Waals surface area contributed by atoms with E-state index in [9.17, 15) is 19.1 Å². The van der Waals surface area contributed by atoms with E-state index in [1.165, 1.54) is 23.9 Å². The zero-order valence-corrected chi connectivity index (χ0v) is 20.2. The van der Waals surface area contributed by atoms with Gasteiger partial charge in [-0.2, -0.15) is 0 Å². The predicted octanol–water partition coefficient (Wildman–Crippen LogP) is 6.66. The fourth-order valence-electron chi connectivity index (χ4n) is 3.30. The Morgan fingerprint density at radius 2 is 1.69 bits per heavy atom. The van der Waals surface area contributed by atoms with Crippen LogP contribution in [0, 0.1) is 12.7 Å². The third-order valence-corrected chi connectivity index (χ3v) is 6.51. The third kappa shape index (κ3) is 5.44. The molecule has 2 N–H and O–H groups in total. The first-order chi connectivity index (χ1) is 16.6. The van der Waals surface area contributed by atoms with Gasteiger partial charge in [0, 0.05) is 21.7 Å². The standard InChI is InChI=1S/C27H23FN2O4S/c1-16-9-12-19(28)15-21(16)29-24(31)22-23(17-7-5-4-6-8-17)34-25(30-22)18-10-13-20(14-11-18)35-27(2,3)26(32)33/h4-15H,1-3H3,(H,29,31)(H,32,33). The average molecular weight is 491 g/mol. The van der Waals surface area contributed by atoms with Crippen LogP contribution in [0.25, 0.3) is 22.8 Å². The number of nitrogens with zero attached hydrogens (tertiary/aromatic N) is 1. The van der Waals surface area contributed by atoms with Gasteiger partial charge in [-0.15, -0.1) is 11.8 Å². The number of carbonyl (C=O) groups excluding carboxylic acids is 1. The van der Waals surface area contributed by atoms with Crippen LogP contribution in [0.5, 0.6) is 0 Å². The number of thioether (sulfide) groups is 1. The van der Waals surface area contributed by atoms with Gasteiger partial charge in [-0.3, -0.25) is 9.59 Å². The number of aryl methyl sites for hydroxylation is 1. The molecule has 0 radical (unpaired) electrons. The van der Waals surface area contributed by atoms with E-state index in [1.807, 2.05) is 30.3 Å². The maximum atomic E-state index is 13.7. The van der Waals surface area contributed by atoms with Crippen LogP contribution >= 0.6 is 11.8 Å². The van der Waals surface area contributed by atoms with Gasteiger partial charge in [0.05, 0.1) is 0 Å². The minimum absolute atomic E-state index is 0.0697. The van der Waals surface area contributed by atoms with Gasteiger partial charge in [-0.05, 0) is 62.7 Å². The van der Waals surface area contributed by atoms with Crippen LogP contribution in [0.2, 0.25) is 0 Å². The molecule has 6 nitrogen and oxygen atoms in total. The van der Waals surface area contributed by atoms with Gasteiger partial charge in [0.15, 0.2) is 11.5 Å². The first-order valence-corrected chi connectivity index (χ1v) is 11.6. The van der Waals surface area contributed by atoms with Crippen molar-refractivity contribution in [1.29, 1.82) is 0 Å². The Morgan fingerprint density at radius 3 is 2.34 bits per heavy atom. The highest BCUT2D eigenvalue weighted by atomic mass is 32.2. The lowest BCUT2D eigenvalue weighted by molar-refractivity contribution is -0.138. The van der Waals surface area contributed by atoms with Crippen molar-refractivity contribution in [3.63, 3.8) is 0 Å². The zero-order chi connectivity index (χ0) is 25.2. The average Bonchev–Trinajstić information content (AvgIpc) is 3.28.